The number of nitrogen functional groups attached to an aromatic ring is 2. The lowest BCUT2D eigenvalue weighted by atomic mass is 9.87. The van der Waals surface area contributed by atoms with E-state index >= 15 is 0 Å². The summed E-state index contributed by atoms with van der Waals surface area (Å²) >= 11 is 2.17. The minimum atomic E-state index is -5.56. The highest BCUT2D eigenvalue weighted by atomic mass is 32.2. The molecule has 4 unspecified atom stereocenters. The van der Waals surface area contributed by atoms with Crippen molar-refractivity contribution in [1.29, 1.82) is 0 Å². The fraction of sp³-hybridized carbons (Fsp3) is 0.680. The molecule has 48 nitrogen and oxygen atoms in total. The Hall–Kier alpha value is -4.88. The maximum absolute atomic E-state index is 12.6. The second-order valence-electron chi connectivity index (χ2n) is 24.4. The number of nitrogens with zero attached hydrogens (tertiary/aromatic N) is 8. The molecule has 56 heteroatoms. The average molecular weight is 1680 g/mol. The average Bonchev–Trinajstić information content (AvgIpc) is 1.62. The van der Waals surface area contributed by atoms with Crippen LogP contribution < -0.4 is 32.7 Å². The van der Waals surface area contributed by atoms with E-state index in [0.717, 1.165) is 64.4 Å². The van der Waals surface area contributed by atoms with Gasteiger partial charge in [-0.25, -0.2) is 57.3 Å². The van der Waals surface area contributed by atoms with Crippen LogP contribution in [0.25, 0.3) is 22.3 Å². The molecule has 6 heterocycles. The van der Waals surface area contributed by atoms with Gasteiger partial charge < -0.3 is 102 Å². The second-order valence-corrected chi connectivity index (χ2v) is 35.2. The van der Waals surface area contributed by atoms with Gasteiger partial charge >= 0.3 is 46.9 Å². The Bertz CT molecular complexity index is 4000. The van der Waals surface area contributed by atoms with Gasteiger partial charge in [0.05, 0.1) is 39.1 Å². The first-order chi connectivity index (χ1) is 49.0. The van der Waals surface area contributed by atoms with Gasteiger partial charge in [-0.2, -0.15) is 8.62 Å². The molecule has 4 aromatic rings. The molecule has 0 radical (unpaired) electrons. The van der Waals surface area contributed by atoms with Crippen molar-refractivity contribution in [3.05, 3.63) is 25.3 Å². The number of rotatable bonds is 41. The van der Waals surface area contributed by atoms with Gasteiger partial charge in [-0.15, -0.1) is 0 Å². The van der Waals surface area contributed by atoms with Gasteiger partial charge in [0.15, 0.2) is 45.6 Å². The summed E-state index contributed by atoms with van der Waals surface area (Å²) in [5, 5.41) is 52.6. The van der Waals surface area contributed by atoms with Crippen molar-refractivity contribution in [3.8, 4) is 0 Å². The van der Waals surface area contributed by atoms with E-state index in [9.17, 15) is 116 Å². The van der Waals surface area contributed by atoms with Crippen LogP contribution in [-0.2, 0) is 101 Å². The van der Waals surface area contributed by atoms with E-state index in [1.54, 1.807) is 13.8 Å². The molecule has 6 rings (SSSR count). The molecule has 0 aromatic carbocycles. The number of phosphoric ester groups is 6. The number of aromatic nitrogens is 8. The summed E-state index contributed by atoms with van der Waals surface area (Å²) in [4.78, 5) is 174. The number of fused-ring (bicyclic) bond motifs is 2. The summed E-state index contributed by atoms with van der Waals surface area (Å²) in [6, 6.07) is 0. The standard InChI is InChI=1S/2C25H42N7O17P3S/c1-13(2)24(37)53-8-7-27-15(33)5-6-28-22(36)19(35)25(3,4)10-46-52(43,44)49-51(41,42)45-9-14-18(48-50(38,39)40)17(34)23(47-14)32-12-31-16-20(26)29-11-30-21(16)32;1-4-5-16(34)53-9-8-27-15(33)6-7-28-23(37)20(36)25(2,3)11-46-52(43,44)49-51(41,42)45-10-14-19(48-50(38,39)40)18(35)24(47-14)32-13-31-17-21(26)29-12-30-22(17)32/h11-14,17-19,23,34-35H,5-10H2,1-4H3,(H,27,33)(H,28,36)(H,41,42)(H,43,44)(H2,26,29,30)(H2,38,39,40);12-14,18-20,24,35-36H,4-11H2,1-3H3,(H,27,33)(H,28,37)(H,41,42)(H,43,44)(H2,26,29,30)(H2,38,39,40)/t14-,17-,18-,19+,23-;14-,18-,19-,20+,24-/m11/s1. The quantitative estimate of drug-likeness (QED) is 0.0183. The number of carbonyl (C=O) groups excluding carboxylic acids is 6. The van der Waals surface area contributed by atoms with E-state index < -0.39 is 169 Å². The molecule has 0 spiro atoms. The highest BCUT2D eigenvalue weighted by Crippen LogP contribution is 2.63. The van der Waals surface area contributed by atoms with E-state index in [0.29, 0.717) is 17.9 Å². The highest BCUT2D eigenvalue weighted by Gasteiger charge is 2.53. The number of nitrogens with two attached hydrogens (primary N) is 2. The first-order valence-corrected chi connectivity index (χ1v) is 42.1. The fourth-order valence-electron chi connectivity index (χ4n) is 9.02. The molecule has 20 N–H and O–H groups in total. The smallest absolute Gasteiger partial charge is 0.386 e. The molecule has 600 valence electrons. The van der Waals surface area contributed by atoms with E-state index in [1.807, 2.05) is 6.92 Å². The van der Waals surface area contributed by atoms with Crippen LogP contribution in [0.2, 0.25) is 0 Å². The zero-order valence-corrected chi connectivity index (χ0v) is 64.1. The van der Waals surface area contributed by atoms with Gasteiger partial charge in [0.25, 0.3) is 0 Å². The molecule has 2 aliphatic rings. The minimum absolute atomic E-state index is 0.0127. The van der Waals surface area contributed by atoms with E-state index in [4.69, 9.17) is 39.0 Å². The summed E-state index contributed by atoms with van der Waals surface area (Å²) in [5.41, 5.74) is 8.53. The lowest BCUT2D eigenvalue weighted by Gasteiger charge is -2.30. The van der Waals surface area contributed by atoms with Crippen LogP contribution in [0.15, 0.2) is 25.3 Å². The number of nitrogens with one attached hydrogen (secondary N) is 4. The van der Waals surface area contributed by atoms with Crippen molar-refractivity contribution in [2.45, 2.75) is 135 Å². The first-order valence-electron chi connectivity index (χ1n) is 31.1. The topological polar surface area (TPSA) is 727 Å². The summed E-state index contributed by atoms with van der Waals surface area (Å²) < 4.78 is 124. The number of carbonyl (C=O) groups is 6. The number of aliphatic hydroxyl groups excluding tert-OH is 4. The lowest BCUT2D eigenvalue weighted by molar-refractivity contribution is -0.137. The third-order valence-electron chi connectivity index (χ3n) is 14.4. The summed E-state index contributed by atoms with van der Waals surface area (Å²) in [6.07, 6.45) is -12.6. The van der Waals surface area contributed by atoms with Crippen LogP contribution in [0, 0.1) is 16.7 Å². The Balaban J connectivity index is 0.000000381. The number of aliphatic hydroxyl groups is 4. The van der Waals surface area contributed by atoms with Crippen LogP contribution in [-0.4, -0.2) is 245 Å². The largest absolute Gasteiger partial charge is 0.481 e. The number of phosphoric acid groups is 6. The molecule has 2 aliphatic heterocycles. The molecule has 4 amide bonds. The zero-order chi connectivity index (χ0) is 79.7. The Morgan fingerprint density at radius 1 is 0.557 bits per heavy atom. The third kappa shape index (κ3) is 28.8. The van der Waals surface area contributed by atoms with Crippen molar-refractivity contribution in [2.75, 3.05) is 75.6 Å². The fourth-order valence-corrected chi connectivity index (χ4v) is 16.2. The molecular weight excluding hydrogens is 1590 g/mol. The van der Waals surface area contributed by atoms with Gasteiger partial charge in [0.2, 0.25) is 23.6 Å². The second kappa shape index (κ2) is 39.3. The number of hydrogen-bond acceptors (Lipinski definition) is 36. The summed E-state index contributed by atoms with van der Waals surface area (Å²) in [5.74, 6) is -2.28. The minimum Gasteiger partial charge on any atom is -0.386 e. The van der Waals surface area contributed by atoms with Crippen LogP contribution in [0.4, 0.5) is 11.6 Å². The zero-order valence-electron chi connectivity index (χ0n) is 57.1. The number of hydrogen-bond donors (Lipinski definition) is 18. The van der Waals surface area contributed by atoms with Crippen LogP contribution in [0.1, 0.15) is 86.6 Å². The SMILES string of the molecule is CC(C)C(=O)SCCNC(=O)CCNC(=O)[C@H](O)C(C)(C)COP(=O)(O)OP(=O)(O)OC[C@H]1O[C@@H](n2cnc3c(N)ncnc32)[C@H](O)[C@@H]1OP(=O)(O)O.CCCC(=O)SCCNC(=O)CCNC(=O)[C@H](O)C(C)(C)COP(=O)(O)OP(=O)(O)OC[C@H]1O[C@@H](n2cnc3c(N)ncnc32)[C@H](O)[C@@H]1OP(=O)(O)O. The normalized spacial score (nSPS) is 22.3. The number of thioether (sulfide) groups is 2. The van der Waals surface area contributed by atoms with Crippen molar-refractivity contribution in [2.24, 2.45) is 16.7 Å². The molecule has 0 saturated carbocycles. The molecule has 2 fully saturated rings. The van der Waals surface area contributed by atoms with E-state index in [2.05, 4.69) is 68.8 Å². The van der Waals surface area contributed by atoms with Crippen molar-refractivity contribution < 1.29 is 161 Å². The van der Waals surface area contributed by atoms with Crippen LogP contribution in [0.3, 0.4) is 0 Å². The molecule has 0 aliphatic carbocycles. The number of amides is 4. The van der Waals surface area contributed by atoms with E-state index in [-0.39, 0.29) is 89.1 Å². The van der Waals surface area contributed by atoms with Crippen LogP contribution >= 0.6 is 70.5 Å². The van der Waals surface area contributed by atoms with Gasteiger partial charge in [0, 0.05) is 73.7 Å². The first kappa shape index (κ1) is 91.7. The van der Waals surface area contributed by atoms with Gasteiger partial charge in [-0.05, 0) is 6.42 Å². The molecule has 0 bridgehead atoms. The van der Waals surface area contributed by atoms with Gasteiger partial charge in [-0.3, -0.25) is 65.0 Å². The molecular formula is C50H84N14O34P6S2. The van der Waals surface area contributed by atoms with Crippen molar-refractivity contribution >= 4 is 138 Å². The Labute approximate surface area is 610 Å². The summed E-state index contributed by atoms with van der Waals surface area (Å²) in [6.45, 7) is 6.44. The predicted molar refractivity (Wildman–Crippen MR) is 364 cm³/mol. The van der Waals surface area contributed by atoms with Crippen LogP contribution in [0.5, 0.6) is 0 Å². The molecule has 106 heavy (non-hydrogen) atoms. The number of anilines is 2. The van der Waals surface area contributed by atoms with Crippen molar-refractivity contribution in [1.82, 2.24) is 60.3 Å². The predicted octanol–water partition coefficient (Wildman–Crippen LogP) is -1.21. The summed E-state index contributed by atoms with van der Waals surface area (Å²) in [7, 11) is -32.7. The highest BCUT2D eigenvalue weighted by molar-refractivity contribution is 8.13. The Morgan fingerprint density at radius 3 is 1.28 bits per heavy atom. The van der Waals surface area contributed by atoms with Gasteiger partial charge in [0.1, 0.15) is 72.5 Å². The maximum atomic E-state index is 12.6. The Kier molecular flexibility index (Phi) is 34.0. The molecule has 4 aromatic heterocycles. The van der Waals surface area contributed by atoms with Gasteiger partial charge in [-0.1, -0.05) is 72.0 Å². The third-order valence-corrected chi connectivity index (χ3v) is 22.7. The molecule has 14 atom stereocenters. The monoisotopic (exact) mass is 1670 g/mol. The molecule has 2 saturated heterocycles. The number of ether oxygens (including phenoxy) is 2. The Morgan fingerprint density at radius 2 is 0.925 bits per heavy atom. The number of imidazole rings is 2. The maximum Gasteiger partial charge on any atom is 0.481 e. The lowest BCUT2D eigenvalue weighted by Crippen LogP contribution is -2.46. The van der Waals surface area contributed by atoms with Crippen molar-refractivity contribution in [3.63, 3.8) is 0 Å². The van der Waals surface area contributed by atoms with E-state index in [1.165, 1.54) is 27.7 Å².